The molecule has 2 heteroatoms. The van der Waals surface area contributed by atoms with Gasteiger partial charge in [-0.3, -0.25) is 4.98 Å². The molecule has 6 rings (SSSR count). The van der Waals surface area contributed by atoms with Gasteiger partial charge in [-0.2, -0.15) is 0 Å². The van der Waals surface area contributed by atoms with Crippen LogP contribution in [0.25, 0.3) is 22.4 Å². The van der Waals surface area contributed by atoms with Gasteiger partial charge in [0.05, 0.1) is 5.69 Å². The summed E-state index contributed by atoms with van der Waals surface area (Å²) in [6.07, 6.45) is 6.29. The molecular formula is C23H22BN. The van der Waals surface area contributed by atoms with E-state index in [1.807, 2.05) is 12.3 Å². The number of pyridine rings is 1. The Labute approximate surface area is 150 Å². The lowest BCUT2D eigenvalue weighted by Gasteiger charge is -2.48. The van der Waals surface area contributed by atoms with Crippen LogP contribution in [0.15, 0.2) is 72.9 Å². The zero-order chi connectivity index (χ0) is 16.9. The number of fused-ring (bicyclic) bond motifs is 1. The number of benzene rings is 2. The molecule has 0 aliphatic heterocycles. The van der Waals surface area contributed by atoms with Crippen molar-refractivity contribution in [2.75, 3.05) is 0 Å². The Morgan fingerprint density at radius 1 is 0.760 bits per heavy atom. The lowest BCUT2D eigenvalue weighted by molar-refractivity contribution is 0.191. The van der Waals surface area contributed by atoms with E-state index in [1.54, 1.807) is 0 Å². The minimum atomic E-state index is 0.438. The molecule has 2 unspecified atom stereocenters. The van der Waals surface area contributed by atoms with Crippen molar-refractivity contribution in [1.29, 1.82) is 0 Å². The summed E-state index contributed by atoms with van der Waals surface area (Å²) in [5.41, 5.74) is 6.17. The molecule has 3 aromatic rings. The first-order valence-corrected chi connectivity index (χ1v) is 9.37. The van der Waals surface area contributed by atoms with Crippen molar-refractivity contribution in [3.63, 3.8) is 0 Å². The second kappa shape index (κ2) is 5.59. The van der Waals surface area contributed by atoms with Crippen LogP contribution in [0.3, 0.4) is 0 Å². The van der Waals surface area contributed by atoms with E-state index in [2.05, 4.69) is 73.5 Å². The van der Waals surface area contributed by atoms with Crippen LogP contribution >= 0.6 is 0 Å². The molecule has 0 spiro atoms. The number of hydrogen-bond donors (Lipinski definition) is 0. The Balaban J connectivity index is 1.41. The van der Waals surface area contributed by atoms with Gasteiger partial charge in [-0.25, -0.2) is 0 Å². The molecule has 2 aromatic carbocycles. The van der Waals surface area contributed by atoms with Crippen LogP contribution in [0.5, 0.6) is 0 Å². The van der Waals surface area contributed by atoms with Gasteiger partial charge in [0.15, 0.2) is 0 Å². The summed E-state index contributed by atoms with van der Waals surface area (Å²) in [5, 5.41) is 0.438. The summed E-state index contributed by atoms with van der Waals surface area (Å²) in [6, 6.07) is 23.9. The van der Waals surface area contributed by atoms with Crippen LogP contribution in [0.1, 0.15) is 24.8 Å². The lowest BCUT2D eigenvalue weighted by atomic mass is 9.45. The minimum absolute atomic E-state index is 0.438. The number of rotatable bonds is 3. The lowest BCUT2D eigenvalue weighted by Crippen LogP contribution is -2.47. The second-order valence-corrected chi connectivity index (χ2v) is 7.87. The maximum absolute atomic E-state index is 4.66. The highest BCUT2D eigenvalue weighted by Gasteiger charge is 2.56. The molecule has 3 aliphatic carbocycles. The third-order valence-electron chi connectivity index (χ3n) is 6.80. The Hall–Kier alpha value is -2.35. The topological polar surface area (TPSA) is 12.9 Å². The standard InChI is InChI=1S/C23H22BN/c24-23(20-11-12-21(23)14-20)19-9-6-16(7-10-19)18-8-13-22(25-15-18)17-4-2-1-3-5-17/h1-10,13,15,20-21H,11-12,14,24H2. The van der Waals surface area contributed by atoms with Gasteiger partial charge >= 0.3 is 0 Å². The van der Waals surface area contributed by atoms with E-state index in [1.165, 1.54) is 36.0 Å². The number of nitrogens with zero attached hydrogens (tertiary/aromatic N) is 1. The van der Waals surface area contributed by atoms with Gasteiger partial charge in [-0.1, -0.05) is 73.5 Å². The van der Waals surface area contributed by atoms with Crippen LogP contribution in [-0.4, -0.2) is 12.8 Å². The molecule has 1 nitrogen and oxygen atoms in total. The number of hydrogen-bond acceptors (Lipinski definition) is 1. The van der Waals surface area contributed by atoms with Gasteiger partial charge in [0.2, 0.25) is 0 Å². The van der Waals surface area contributed by atoms with E-state index in [9.17, 15) is 0 Å². The van der Waals surface area contributed by atoms with Gasteiger partial charge in [-0.05, 0) is 40.8 Å². The Morgan fingerprint density at radius 3 is 2.04 bits per heavy atom. The summed E-state index contributed by atoms with van der Waals surface area (Å²) in [5.74, 6) is 1.82. The van der Waals surface area contributed by atoms with E-state index in [-0.39, 0.29) is 0 Å². The molecule has 3 fully saturated rings. The maximum Gasteiger partial charge on any atom is 0.115 e. The zero-order valence-corrected chi connectivity index (χ0v) is 14.7. The van der Waals surface area contributed by atoms with Gasteiger partial charge in [0, 0.05) is 17.3 Å². The van der Waals surface area contributed by atoms with Crippen molar-refractivity contribution in [2.24, 2.45) is 11.8 Å². The molecule has 0 amide bonds. The SMILES string of the molecule is BC1(c2ccc(-c3ccc(-c4ccccc4)nc3)cc2)C2CCC1C2. The molecule has 2 bridgehead atoms. The van der Waals surface area contributed by atoms with E-state index in [0.29, 0.717) is 5.31 Å². The molecule has 122 valence electrons. The van der Waals surface area contributed by atoms with Gasteiger partial charge in [-0.15, -0.1) is 0 Å². The first-order chi connectivity index (χ1) is 12.2. The molecule has 2 atom stereocenters. The van der Waals surface area contributed by atoms with Crippen molar-refractivity contribution >= 4 is 7.85 Å². The molecule has 3 saturated carbocycles. The summed E-state index contributed by atoms with van der Waals surface area (Å²) < 4.78 is 0. The summed E-state index contributed by atoms with van der Waals surface area (Å²) >= 11 is 0. The molecule has 25 heavy (non-hydrogen) atoms. The predicted octanol–water partition coefficient (Wildman–Crippen LogP) is 4.67. The molecule has 3 aliphatic rings. The van der Waals surface area contributed by atoms with Crippen molar-refractivity contribution in [3.05, 3.63) is 78.5 Å². The fraction of sp³-hybridized carbons (Fsp3) is 0.261. The van der Waals surface area contributed by atoms with Crippen molar-refractivity contribution < 1.29 is 0 Å². The minimum Gasteiger partial charge on any atom is -0.256 e. The highest BCUT2D eigenvalue weighted by Crippen LogP contribution is 2.61. The molecule has 0 radical (unpaired) electrons. The molecular weight excluding hydrogens is 301 g/mol. The molecule has 0 saturated heterocycles. The van der Waals surface area contributed by atoms with Crippen molar-refractivity contribution in [3.8, 4) is 22.4 Å². The average Bonchev–Trinajstić information content (AvgIpc) is 3.32. The van der Waals surface area contributed by atoms with Crippen LogP contribution < -0.4 is 0 Å². The Bertz CT molecular complexity index is 870. The first-order valence-electron chi connectivity index (χ1n) is 9.37. The zero-order valence-electron chi connectivity index (χ0n) is 14.7. The number of aromatic nitrogens is 1. The van der Waals surface area contributed by atoms with Crippen LogP contribution in [-0.2, 0) is 5.31 Å². The van der Waals surface area contributed by atoms with Crippen LogP contribution in [0.4, 0.5) is 0 Å². The van der Waals surface area contributed by atoms with E-state index in [0.717, 1.165) is 23.1 Å². The van der Waals surface area contributed by atoms with E-state index < -0.39 is 0 Å². The van der Waals surface area contributed by atoms with E-state index in [4.69, 9.17) is 0 Å². The third kappa shape index (κ3) is 2.27. The average molecular weight is 323 g/mol. The molecule has 1 aromatic heterocycles. The van der Waals surface area contributed by atoms with E-state index >= 15 is 0 Å². The highest BCUT2D eigenvalue weighted by atomic mass is 14.7. The smallest absolute Gasteiger partial charge is 0.115 e. The van der Waals surface area contributed by atoms with Crippen LogP contribution in [0.2, 0.25) is 0 Å². The normalized spacial score (nSPS) is 27.0. The van der Waals surface area contributed by atoms with Gasteiger partial charge in [0.1, 0.15) is 7.85 Å². The summed E-state index contributed by atoms with van der Waals surface area (Å²) in [7, 11) is 2.48. The second-order valence-electron chi connectivity index (χ2n) is 7.87. The van der Waals surface area contributed by atoms with Gasteiger partial charge in [0.25, 0.3) is 0 Å². The Morgan fingerprint density at radius 2 is 1.44 bits per heavy atom. The molecule has 1 heterocycles. The first kappa shape index (κ1) is 15.0. The summed E-state index contributed by atoms with van der Waals surface area (Å²) in [4.78, 5) is 4.66. The quantitative estimate of drug-likeness (QED) is 0.638. The maximum atomic E-state index is 4.66. The van der Waals surface area contributed by atoms with Gasteiger partial charge < -0.3 is 0 Å². The predicted molar refractivity (Wildman–Crippen MR) is 106 cm³/mol. The molecule has 0 N–H and O–H groups in total. The highest BCUT2D eigenvalue weighted by molar-refractivity contribution is 6.17. The van der Waals surface area contributed by atoms with Crippen LogP contribution in [0, 0.1) is 11.8 Å². The summed E-state index contributed by atoms with van der Waals surface area (Å²) in [6.45, 7) is 0. The monoisotopic (exact) mass is 323 g/mol. The van der Waals surface area contributed by atoms with Crippen molar-refractivity contribution in [2.45, 2.75) is 24.6 Å². The fourth-order valence-electron chi connectivity index (χ4n) is 5.08. The third-order valence-corrected chi connectivity index (χ3v) is 6.80. The largest absolute Gasteiger partial charge is 0.256 e. The van der Waals surface area contributed by atoms with Crippen molar-refractivity contribution in [1.82, 2.24) is 4.98 Å². The Kier molecular flexibility index (Phi) is 3.34. The fourth-order valence-corrected chi connectivity index (χ4v) is 5.08.